The largest absolute Gasteiger partial charge is 0.377 e. The Bertz CT molecular complexity index is 233. The van der Waals surface area contributed by atoms with Crippen molar-refractivity contribution in [1.82, 2.24) is 10.6 Å². The maximum Gasteiger partial charge on any atom is 0.221 e. The molecule has 0 aromatic carbocycles. The second-order valence-corrected chi connectivity index (χ2v) is 4.53. The molecule has 86 valence electrons. The third-order valence-corrected chi connectivity index (χ3v) is 3.31. The van der Waals surface area contributed by atoms with Crippen LogP contribution in [0.25, 0.3) is 0 Å². The van der Waals surface area contributed by atoms with Crippen LogP contribution in [0.15, 0.2) is 0 Å². The molecule has 2 N–H and O–H groups in total. The number of ether oxygens (including phenoxy) is 1. The SMILES string of the molecule is CC1OCCC1NC1CCCNC(=O)C1. The first kappa shape index (κ1) is 10.9. The number of hydrogen-bond donors (Lipinski definition) is 2. The van der Waals surface area contributed by atoms with Gasteiger partial charge in [-0.25, -0.2) is 0 Å². The zero-order valence-electron chi connectivity index (χ0n) is 9.29. The minimum atomic E-state index is 0.177. The molecule has 0 spiro atoms. The van der Waals surface area contributed by atoms with E-state index in [0.717, 1.165) is 32.4 Å². The number of rotatable bonds is 2. The molecule has 0 saturated carbocycles. The second kappa shape index (κ2) is 4.94. The van der Waals surface area contributed by atoms with E-state index in [1.807, 2.05) is 0 Å². The fourth-order valence-electron chi connectivity index (χ4n) is 2.37. The lowest BCUT2D eigenvalue weighted by atomic mass is 10.1. The van der Waals surface area contributed by atoms with Gasteiger partial charge in [0, 0.05) is 31.7 Å². The molecule has 2 heterocycles. The summed E-state index contributed by atoms with van der Waals surface area (Å²) >= 11 is 0. The fraction of sp³-hybridized carbons (Fsp3) is 0.909. The zero-order chi connectivity index (χ0) is 10.7. The molecule has 2 saturated heterocycles. The molecule has 2 aliphatic rings. The van der Waals surface area contributed by atoms with Gasteiger partial charge in [-0.2, -0.15) is 0 Å². The van der Waals surface area contributed by atoms with Gasteiger partial charge in [-0.05, 0) is 26.2 Å². The van der Waals surface area contributed by atoms with E-state index in [4.69, 9.17) is 4.74 Å². The van der Waals surface area contributed by atoms with E-state index in [9.17, 15) is 4.79 Å². The molecule has 1 amide bonds. The van der Waals surface area contributed by atoms with Crippen LogP contribution < -0.4 is 10.6 Å². The maximum atomic E-state index is 11.4. The third kappa shape index (κ3) is 2.92. The van der Waals surface area contributed by atoms with E-state index >= 15 is 0 Å². The van der Waals surface area contributed by atoms with E-state index < -0.39 is 0 Å². The molecular formula is C11H20N2O2. The summed E-state index contributed by atoms with van der Waals surface area (Å²) in [6.45, 7) is 3.77. The normalized spacial score (nSPS) is 37.4. The van der Waals surface area contributed by atoms with Crippen LogP contribution in [0, 0.1) is 0 Å². The lowest BCUT2D eigenvalue weighted by Gasteiger charge is -2.22. The molecule has 0 radical (unpaired) electrons. The van der Waals surface area contributed by atoms with Crippen molar-refractivity contribution in [3.63, 3.8) is 0 Å². The molecule has 4 heteroatoms. The Morgan fingerprint density at radius 3 is 3.07 bits per heavy atom. The van der Waals surface area contributed by atoms with Gasteiger partial charge in [-0.15, -0.1) is 0 Å². The van der Waals surface area contributed by atoms with Crippen molar-refractivity contribution in [3.8, 4) is 0 Å². The molecule has 4 nitrogen and oxygen atoms in total. The van der Waals surface area contributed by atoms with Gasteiger partial charge in [0.15, 0.2) is 0 Å². The van der Waals surface area contributed by atoms with Crippen LogP contribution in [0.4, 0.5) is 0 Å². The molecular weight excluding hydrogens is 192 g/mol. The zero-order valence-corrected chi connectivity index (χ0v) is 9.29. The van der Waals surface area contributed by atoms with Gasteiger partial charge < -0.3 is 15.4 Å². The van der Waals surface area contributed by atoms with Crippen LogP contribution in [0.3, 0.4) is 0 Å². The number of hydrogen-bond acceptors (Lipinski definition) is 3. The Kier molecular flexibility index (Phi) is 3.59. The summed E-state index contributed by atoms with van der Waals surface area (Å²) < 4.78 is 5.50. The smallest absolute Gasteiger partial charge is 0.221 e. The van der Waals surface area contributed by atoms with Crippen molar-refractivity contribution in [3.05, 3.63) is 0 Å². The van der Waals surface area contributed by atoms with E-state index in [1.165, 1.54) is 0 Å². The van der Waals surface area contributed by atoms with Crippen molar-refractivity contribution >= 4 is 5.91 Å². The van der Waals surface area contributed by atoms with Gasteiger partial charge in [0.05, 0.1) is 6.10 Å². The van der Waals surface area contributed by atoms with E-state index in [2.05, 4.69) is 17.6 Å². The molecule has 0 bridgehead atoms. The van der Waals surface area contributed by atoms with E-state index in [0.29, 0.717) is 18.5 Å². The Morgan fingerprint density at radius 1 is 1.47 bits per heavy atom. The van der Waals surface area contributed by atoms with Crippen LogP contribution in [0.5, 0.6) is 0 Å². The van der Waals surface area contributed by atoms with Gasteiger partial charge in [-0.1, -0.05) is 0 Å². The first-order valence-corrected chi connectivity index (χ1v) is 5.90. The Labute approximate surface area is 90.8 Å². The van der Waals surface area contributed by atoms with Gasteiger partial charge in [0.2, 0.25) is 5.91 Å². The number of carbonyl (C=O) groups excluding carboxylic acids is 1. The molecule has 2 fully saturated rings. The molecule has 3 atom stereocenters. The number of nitrogens with one attached hydrogen (secondary N) is 2. The Balaban J connectivity index is 1.84. The van der Waals surface area contributed by atoms with Crippen LogP contribution in [0.2, 0.25) is 0 Å². The lowest BCUT2D eigenvalue weighted by molar-refractivity contribution is -0.121. The van der Waals surface area contributed by atoms with Gasteiger partial charge in [-0.3, -0.25) is 4.79 Å². The predicted octanol–water partition coefficient (Wildman–Crippen LogP) is 0.422. The summed E-state index contributed by atoms with van der Waals surface area (Å²) in [6.07, 6.45) is 4.13. The quantitative estimate of drug-likeness (QED) is 0.697. The summed E-state index contributed by atoms with van der Waals surface area (Å²) in [7, 11) is 0. The molecule has 15 heavy (non-hydrogen) atoms. The minimum absolute atomic E-state index is 0.177. The van der Waals surface area contributed by atoms with Crippen molar-refractivity contribution in [2.24, 2.45) is 0 Å². The Hall–Kier alpha value is -0.610. The van der Waals surface area contributed by atoms with Crippen LogP contribution in [0.1, 0.15) is 32.6 Å². The van der Waals surface area contributed by atoms with Crippen molar-refractivity contribution < 1.29 is 9.53 Å². The molecule has 3 unspecified atom stereocenters. The second-order valence-electron chi connectivity index (χ2n) is 4.53. The molecule has 0 aromatic heterocycles. The predicted molar refractivity (Wildman–Crippen MR) is 57.6 cm³/mol. The van der Waals surface area contributed by atoms with Crippen LogP contribution in [-0.2, 0) is 9.53 Å². The van der Waals surface area contributed by atoms with Gasteiger partial charge >= 0.3 is 0 Å². The van der Waals surface area contributed by atoms with Crippen LogP contribution in [-0.4, -0.2) is 37.2 Å². The first-order valence-electron chi connectivity index (χ1n) is 5.90. The summed E-state index contributed by atoms with van der Waals surface area (Å²) in [4.78, 5) is 11.4. The maximum absolute atomic E-state index is 11.4. The molecule has 0 aliphatic carbocycles. The van der Waals surface area contributed by atoms with Crippen molar-refractivity contribution in [2.45, 2.75) is 50.8 Å². The van der Waals surface area contributed by atoms with Crippen molar-refractivity contribution in [1.29, 1.82) is 0 Å². The average Bonchev–Trinajstić information content (AvgIpc) is 2.48. The Morgan fingerprint density at radius 2 is 2.33 bits per heavy atom. The highest BCUT2D eigenvalue weighted by Gasteiger charge is 2.27. The fourth-order valence-corrected chi connectivity index (χ4v) is 2.37. The van der Waals surface area contributed by atoms with Gasteiger partial charge in [0.1, 0.15) is 0 Å². The molecule has 2 aliphatic heterocycles. The topological polar surface area (TPSA) is 50.4 Å². The summed E-state index contributed by atoms with van der Waals surface area (Å²) in [5.74, 6) is 0.177. The highest BCUT2D eigenvalue weighted by atomic mass is 16.5. The molecule has 0 aromatic rings. The average molecular weight is 212 g/mol. The minimum Gasteiger partial charge on any atom is -0.377 e. The molecule has 2 rings (SSSR count). The monoisotopic (exact) mass is 212 g/mol. The van der Waals surface area contributed by atoms with Crippen molar-refractivity contribution in [2.75, 3.05) is 13.2 Å². The highest BCUT2D eigenvalue weighted by molar-refractivity contribution is 5.76. The number of amides is 1. The summed E-state index contributed by atoms with van der Waals surface area (Å²) in [6, 6.07) is 0.766. The lowest BCUT2D eigenvalue weighted by Crippen LogP contribution is -2.43. The summed E-state index contributed by atoms with van der Waals surface area (Å²) in [5, 5.41) is 6.45. The highest BCUT2D eigenvalue weighted by Crippen LogP contribution is 2.16. The van der Waals surface area contributed by atoms with E-state index in [1.54, 1.807) is 0 Å². The van der Waals surface area contributed by atoms with E-state index in [-0.39, 0.29) is 12.0 Å². The van der Waals surface area contributed by atoms with Gasteiger partial charge in [0.25, 0.3) is 0 Å². The standard InChI is InChI=1S/C11H20N2O2/c1-8-10(4-6-15-8)13-9-3-2-5-12-11(14)7-9/h8-10,13H,2-7H2,1H3,(H,12,14). The first-order chi connectivity index (χ1) is 7.25. The third-order valence-electron chi connectivity index (χ3n) is 3.31. The van der Waals surface area contributed by atoms with Crippen LogP contribution >= 0.6 is 0 Å². The number of carbonyl (C=O) groups is 1. The summed E-state index contributed by atoms with van der Waals surface area (Å²) in [5.41, 5.74) is 0.